The van der Waals surface area contributed by atoms with Crippen LogP contribution in [0.25, 0.3) is 5.82 Å². The fourth-order valence-corrected chi connectivity index (χ4v) is 2.98. The van der Waals surface area contributed by atoms with Gasteiger partial charge in [-0.3, -0.25) is 15.0 Å². The number of rotatable bonds is 5. The molecule has 0 spiro atoms. The summed E-state index contributed by atoms with van der Waals surface area (Å²) in [7, 11) is 0. The number of alkyl halides is 3. The Balaban J connectivity index is 2.10. The molecule has 0 aliphatic heterocycles. The molecule has 0 radical (unpaired) electrons. The highest BCUT2D eigenvalue weighted by atomic mass is 35.5. The summed E-state index contributed by atoms with van der Waals surface area (Å²) >= 11 is 6.03. The van der Waals surface area contributed by atoms with E-state index < -0.39 is 29.4 Å². The third-order valence-corrected chi connectivity index (χ3v) is 4.44. The summed E-state index contributed by atoms with van der Waals surface area (Å²) in [5, 5.41) is 5.82. The van der Waals surface area contributed by atoms with E-state index in [4.69, 9.17) is 23.2 Å². The zero-order chi connectivity index (χ0) is 22.8. The van der Waals surface area contributed by atoms with Crippen molar-refractivity contribution < 1.29 is 22.8 Å². The molecule has 0 atom stereocenters. The predicted molar refractivity (Wildman–Crippen MR) is 105 cm³/mol. The number of carbonyl (C=O) groups is 2. The summed E-state index contributed by atoms with van der Waals surface area (Å²) in [6.45, 7) is -0.0494. The van der Waals surface area contributed by atoms with Gasteiger partial charge < -0.3 is 11.1 Å². The van der Waals surface area contributed by atoms with Crippen molar-refractivity contribution in [2.24, 2.45) is 11.6 Å². The fraction of sp³-hybridized carbons (Fsp3) is 0.111. The van der Waals surface area contributed by atoms with Crippen molar-refractivity contribution in [3.63, 3.8) is 0 Å². The van der Waals surface area contributed by atoms with Crippen LogP contribution in [-0.2, 0) is 12.7 Å². The smallest absolute Gasteiger partial charge is 0.326 e. The molecule has 0 fully saturated rings. The monoisotopic (exact) mass is 453 g/mol. The zero-order valence-corrected chi connectivity index (χ0v) is 16.3. The number of nitrogen functional groups attached to an aromatic ring is 1. The Labute approximate surface area is 178 Å². The number of halogens is 4. The molecule has 2 heterocycles. The van der Waals surface area contributed by atoms with Crippen molar-refractivity contribution in [2.45, 2.75) is 12.7 Å². The van der Waals surface area contributed by atoms with Crippen LogP contribution in [0, 0.1) is 0 Å². The summed E-state index contributed by atoms with van der Waals surface area (Å²) in [6, 6.07) is 7.83. The van der Waals surface area contributed by atoms with E-state index in [1.54, 1.807) is 6.07 Å². The van der Waals surface area contributed by atoms with Crippen LogP contribution >= 0.6 is 11.6 Å². The molecular formula is C18H15ClF3N7O2. The van der Waals surface area contributed by atoms with Gasteiger partial charge in [-0.15, -0.1) is 0 Å². The van der Waals surface area contributed by atoms with Gasteiger partial charge in [0.2, 0.25) is 0 Å². The molecule has 0 saturated heterocycles. The van der Waals surface area contributed by atoms with Gasteiger partial charge in [-0.25, -0.2) is 15.5 Å². The van der Waals surface area contributed by atoms with Crippen LogP contribution in [-0.4, -0.2) is 26.6 Å². The van der Waals surface area contributed by atoms with Gasteiger partial charge in [0.1, 0.15) is 5.69 Å². The molecule has 0 saturated carbocycles. The third kappa shape index (κ3) is 4.50. The molecule has 0 aliphatic carbocycles. The number of hydrogen-bond acceptors (Lipinski definition) is 6. The van der Waals surface area contributed by atoms with Crippen LogP contribution in [0.4, 0.5) is 18.9 Å². The summed E-state index contributed by atoms with van der Waals surface area (Å²) < 4.78 is 40.5. The van der Waals surface area contributed by atoms with E-state index >= 15 is 0 Å². The highest BCUT2D eigenvalue weighted by Crippen LogP contribution is 2.31. The predicted octanol–water partition coefficient (Wildman–Crippen LogP) is 2.25. The number of anilines is 1. The van der Waals surface area contributed by atoms with E-state index in [2.05, 4.69) is 15.4 Å². The van der Waals surface area contributed by atoms with Crippen molar-refractivity contribution in [2.75, 3.05) is 5.32 Å². The Hall–Kier alpha value is -3.48. The van der Waals surface area contributed by atoms with Crippen LogP contribution < -0.4 is 22.3 Å². The number of amides is 2. The van der Waals surface area contributed by atoms with Crippen LogP contribution in [0.15, 0.2) is 42.6 Å². The van der Waals surface area contributed by atoms with E-state index in [-0.39, 0.29) is 28.6 Å². The lowest BCUT2D eigenvalue weighted by molar-refractivity contribution is -0.141. The number of carbonyl (C=O) groups excluding carboxylic acids is 2. The molecule has 6 N–H and O–H groups in total. The SMILES string of the molecule is NCc1cccc(NC(=O)c2cc(C(F)(F)F)nn2-c2ncccc2Cl)c1C(=O)NN. The van der Waals surface area contributed by atoms with Crippen molar-refractivity contribution in [1.82, 2.24) is 20.2 Å². The molecule has 162 valence electrons. The average Bonchev–Trinajstić information content (AvgIpc) is 3.19. The summed E-state index contributed by atoms with van der Waals surface area (Å²) in [5.41, 5.74) is 6.05. The topological polar surface area (TPSA) is 141 Å². The third-order valence-electron chi connectivity index (χ3n) is 4.15. The lowest BCUT2D eigenvalue weighted by atomic mass is 10.0. The second-order valence-corrected chi connectivity index (χ2v) is 6.51. The number of hydrogen-bond donors (Lipinski definition) is 4. The zero-order valence-electron chi connectivity index (χ0n) is 15.6. The van der Waals surface area contributed by atoms with Crippen molar-refractivity contribution in [3.05, 3.63) is 70.1 Å². The van der Waals surface area contributed by atoms with E-state index in [1.807, 2.05) is 5.43 Å². The minimum Gasteiger partial charge on any atom is -0.326 e. The number of hydrazine groups is 1. The van der Waals surface area contributed by atoms with Crippen molar-refractivity contribution >= 4 is 29.1 Å². The van der Waals surface area contributed by atoms with Gasteiger partial charge in [-0.05, 0) is 23.8 Å². The van der Waals surface area contributed by atoms with Crippen LogP contribution in [0.1, 0.15) is 32.1 Å². The molecule has 2 aromatic heterocycles. The Morgan fingerprint density at radius 3 is 2.52 bits per heavy atom. The second-order valence-electron chi connectivity index (χ2n) is 6.10. The molecule has 2 amide bonds. The molecule has 3 aromatic rings. The standard InChI is InChI=1S/C18H15ClF3N7O2/c19-10-4-2-6-25-15(10)29-12(7-13(28-29)18(20,21)22)16(30)26-11-5-1-3-9(8-23)14(11)17(31)27-24/h1-7H,8,23-24H2,(H,26,30)(H,27,31). The average molecular weight is 454 g/mol. The van der Waals surface area contributed by atoms with Gasteiger partial charge >= 0.3 is 6.18 Å². The van der Waals surface area contributed by atoms with Crippen LogP contribution in [0.2, 0.25) is 5.02 Å². The molecule has 3 rings (SSSR count). The normalized spacial score (nSPS) is 11.3. The largest absolute Gasteiger partial charge is 0.435 e. The maximum atomic E-state index is 13.3. The Kier molecular flexibility index (Phi) is 6.24. The van der Waals surface area contributed by atoms with E-state index in [9.17, 15) is 22.8 Å². The quantitative estimate of drug-likeness (QED) is 0.265. The first-order valence-electron chi connectivity index (χ1n) is 8.59. The second kappa shape index (κ2) is 8.71. The van der Waals surface area contributed by atoms with Gasteiger partial charge in [0.15, 0.2) is 11.5 Å². The van der Waals surface area contributed by atoms with Gasteiger partial charge in [-0.2, -0.15) is 18.3 Å². The number of aromatic nitrogens is 3. The number of nitrogens with one attached hydrogen (secondary N) is 2. The molecule has 9 nitrogen and oxygen atoms in total. The molecule has 31 heavy (non-hydrogen) atoms. The van der Waals surface area contributed by atoms with Crippen molar-refractivity contribution in [1.29, 1.82) is 0 Å². The fourth-order valence-electron chi connectivity index (χ4n) is 2.78. The highest BCUT2D eigenvalue weighted by molar-refractivity contribution is 6.32. The van der Waals surface area contributed by atoms with Gasteiger partial charge in [0, 0.05) is 18.8 Å². The number of nitrogens with zero attached hydrogens (tertiary/aromatic N) is 3. The molecule has 0 aliphatic rings. The molecular weight excluding hydrogens is 439 g/mol. The lowest BCUT2D eigenvalue weighted by Gasteiger charge is -2.14. The Morgan fingerprint density at radius 1 is 1.16 bits per heavy atom. The maximum absolute atomic E-state index is 13.3. The first-order valence-corrected chi connectivity index (χ1v) is 8.97. The van der Waals surface area contributed by atoms with Crippen LogP contribution in [0.5, 0.6) is 0 Å². The summed E-state index contributed by atoms with van der Waals surface area (Å²) in [6.07, 6.45) is -3.54. The number of nitrogens with two attached hydrogens (primary N) is 2. The van der Waals surface area contributed by atoms with E-state index in [0.29, 0.717) is 16.3 Å². The van der Waals surface area contributed by atoms with Gasteiger partial charge in [0.25, 0.3) is 11.8 Å². The lowest BCUT2D eigenvalue weighted by Crippen LogP contribution is -2.32. The number of benzene rings is 1. The number of pyridine rings is 1. The minimum atomic E-state index is -4.83. The molecule has 1 aromatic carbocycles. The highest BCUT2D eigenvalue weighted by Gasteiger charge is 2.36. The summed E-state index contributed by atoms with van der Waals surface area (Å²) in [4.78, 5) is 29.0. The minimum absolute atomic E-state index is 0.00988. The molecule has 0 bridgehead atoms. The molecule has 13 heteroatoms. The van der Waals surface area contributed by atoms with Crippen molar-refractivity contribution in [3.8, 4) is 5.82 Å². The van der Waals surface area contributed by atoms with E-state index in [0.717, 1.165) is 0 Å². The first kappa shape index (κ1) is 22.2. The van der Waals surface area contributed by atoms with Gasteiger partial charge in [-0.1, -0.05) is 23.7 Å². The first-order chi connectivity index (χ1) is 14.7. The Bertz CT molecular complexity index is 1150. The maximum Gasteiger partial charge on any atom is 0.435 e. The van der Waals surface area contributed by atoms with Crippen LogP contribution in [0.3, 0.4) is 0 Å². The Morgan fingerprint density at radius 2 is 1.90 bits per heavy atom. The summed E-state index contributed by atoms with van der Waals surface area (Å²) in [5.74, 6) is 3.27. The van der Waals surface area contributed by atoms with Gasteiger partial charge in [0.05, 0.1) is 16.3 Å². The van der Waals surface area contributed by atoms with E-state index in [1.165, 1.54) is 30.5 Å². The molecule has 0 unspecified atom stereocenters.